The van der Waals surface area contributed by atoms with Gasteiger partial charge in [-0.1, -0.05) is 49.7 Å². The molecular formula is C23H32N2O3. The summed E-state index contributed by atoms with van der Waals surface area (Å²) in [6.45, 7) is 4.69. The normalized spacial score (nSPS) is 9.86. The number of rotatable bonds is 10. The number of hydrogen-bond acceptors (Lipinski definition) is 4. The summed E-state index contributed by atoms with van der Waals surface area (Å²) in [7, 11) is 1.50. The van der Waals surface area contributed by atoms with Gasteiger partial charge in [0, 0.05) is 18.5 Å². The zero-order chi connectivity index (χ0) is 20.8. The van der Waals surface area contributed by atoms with E-state index in [9.17, 15) is 9.59 Å². The summed E-state index contributed by atoms with van der Waals surface area (Å²) in [6, 6.07) is 15.4. The average molecular weight is 385 g/mol. The highest BCUT2D eigenvalue weighted by Crippen LogP contribution is 2.15. The minimum Gasteiger partial charge on any atom is -0.494 e. The van der Waals surface area contributed by atoms with E-state index in [2.05, 4.69) is 30.1 Å². The number of ether oxygens (including phenoxy) is 1. The van der Waals surface area contributed by atoms with Gasteiger partial charge >= 0.3 is 0 Å². The number of benzene rings is 2. The lowest BCUT2D eigenvalue weighted by Crippen LogP contribution is -2.23. The van der Waals surface area contributed by atoms with Crippen LogP contribution in [0.4, 0.5) is 0 Å². The van der Waals surface area contributed by atoms with Gasteiger partial charge in [0.1, 0.15) is 5.75 Å². The summed E-state index contributed by atoms with van der Waals surface area (Å²) in [6.07, 6.45) is 3.27. The Morgan fingerprint density at radius 2 is 1.75 bits per heavy atom. The van der Waals surface area contributed by atoms with Gasteiger partial charge < -0.3 is 15.8 Å². The number of hydrogen-bond donors (Lipinski definition) is 2. The van der Waals surface area contributed by atoms with Crippen molar-refractivity contribution in [3.05, 3.63) is 65.2 Å². The van der Waals surface area contributed by atoms with Crippen molar-refractivity contribution in [3.8, 4) is 5.75 Å². The molecule has 0 bridgehead atoms. The van der Waals surface area contributed by atoms with Gasteiger partial charge in [-0.05, 0) is 50.1 Å². The predicted molar refractivity (Wildman–Crippen MR) is 114 cm³/mol. The van der Waals surface area contributed by atoms with Gasteiger partial charge in [0.15, 0.2) is 5.78 Å². The first-order valence-electron chi connectivity index (χ1n) is 9.74. The Bertz CT molecular complexity index is 727. The first-order chi connectivity index (χ1) is 13.6. The Kier molecular flexibility index (Phi) is 11.3. The van der Waals surface area contributed by atoms with Gasteiger partial charge in [-0.25, -0.2) is 0 Å². The molecule has 0 aromatic heterocycles. The van der Waals surface area contributed by atoms with Crippen molar-refractivity contribution in [3.63, 3.8) is 0 Å². The van der Waals surface area contributed by atoms with Crippen molar-refractivity contribution >= 4 is 11.7 Å². The molecule has 2 aromatic carbocycles. The number of nitrogens with one attached hydrogen (secondary N) is 1. The van der Waals surface area contributed by atoms with Crippen molar-refractivity contribution in [1.29, 1.82) is 0 Å². The number of carbonyl (C=O) groups excluding carboxylic acids is 2. The van der Waals surface area contributed by atoms with Gasteiger partial charge in [-0.3, -0.25) is 9.59 Å². The van der Waals surface area contributed by atoms with Crippen LogP contribution in [0.25, 0.3) is 0 Å². The molecule has 3 N–H and O–H groups in total. The molecule has 2 aromatic rings. The minimum atomic E-state index is 0.00368. The van der Waals surface area contributed by atoms with E-state index in [1.54, 1.807) is 19.1 Å². The second-order valence-corrected chi connectivity index (χ2v) is 6.38. The third-order valence-electron chi connectivity index (χ3n) is 4.10. The average Bonchev–Trinajstić information content (AvgIpc) is 2.72. The maximum absolute atomic E-state index is 11.9. The van der Waals surface area contributed by atoms with Crippen LogP contribution in [-0.2, 0) is 17.8 Å². The molecule has 5 nitrogen and oxygen atoms in total. The molecule has 0 radical (unpaired) electrons. The highest BCUT2D eigenvalue weighted by molar-refractivity contribution is 5.94. The largest absolute Gasteiger partial charge is 0.494 e. The van der Waals surface area contributed by atoms with E-state index in [0.29, 0.717) is 31.6 Å². The van der Waals surface area contributed by atoms with Crippen LogP contribution in [0.15, 0.2) is 48.5 Å². The molecule has 0 aliphatic heterocycles. The van der Waals surface area contributed by atoms with Crippen LogP contribution >= 0.6 is 0 Å². The number of Topliss-reactive ketones (excluding diaryl/α,β-unsaturated/α-hetero) is 1. The van der Waals surface area contributed by atoms with Crippen LogP contribution in [-0.4, -0.2) is 25.3 Å². The number of aryl methyl sites for hydroxylation is 1. The van der Waals surface area contributed by atoms with Gasteiger partial charge in [0.05, 0.1) is 6.61 Å². The molecule has 0 heterocycles. The van der Waals surface area contributed by atoms with Crippen molar-refractivity contribution < 1.29 is 14.3 Å². The molecule has 0 saturated heterocycles. The van der Waals surface area contributed by atoms with Crippen molar-refractivity contribution in [2.75, 3.05) is 13.7 Å². The Morgan fingerprint density at radius 1 is 1.04 bits per heavy atom. The summed E-state index contributed by atoms with van der Waals surface area (Å²) < 4.78 is 5.73. The van der Waals surface area contributed by atoms with Gasteiger partial charge in [-0.15, -0.1) is 0 Å². The van der Waals surface area contributed by atoms with Crippen molar-refractivity contribution in [2.45, 2.75) is 46.1 Å². The standard InChI is InChI=1S/C22H27NO3.CH5N/c1-3-6-18-7-4-8-21(15-18)26-14-5-9-22(25)23-16-19-10-12-20(13-11-19)17(2)24;1-2/h4,7-8,10-13,15H,3,5-6,9,14,16H2,1-2H3,(H,23,25);2H2,1H3. The van der Waals surface area contributed by atoms with E-state index in [4.69, 9.17) is 4.74 Å². The highest BCUT2D eigenvalue weighted by Gasteiger charge is 2.04. The lowest BCUT2D eigenvalue weighted by atomic mass is 10.1. The molecule has 5 heteroatoms. The Balaban J connectivity index is 0.00000190. The van der Waals surface area contributed by atoms with Gasteiger partial charge in [-0.2, -0.15) is 0 Å². The third-order valence-corrected chi connectivity index (χ3v) is 4.10. The Hall–Kier alpha value is -2.66. The Labute approximate surface area is 168 Å². The molecule has 0 atom stereocenters. The maximum Gasteiger partial charge on any atom is 0.220 e. The maximum atomic E-state index is 11.9. The summed E-state index contributed by atoms with van der Waals surface area (Å²) in [4.78, 5) is 23.2. The molecule has 0 fully saturated rings. The lowest BCUT2D eigenvalue weighted by Gasteiger charge is -2.08. The molecule has 28 heavy (non-hydrogen) atoms. The lowest BCUT2D eigenvalue weighted by molar-refractivity contribution is -0.121. The summed E-state index contributed by atoms with van der Waals surface area (Å²) >= 11 is 0. The molecule has 0 spiro atoms. The quantitative estimate of drug-likeness (QED) is 0.481. The van der Waals surface area contributed by atoms with E-state index in [-0.39, 0.29) is 11.7 Å². The molecular weight excluding hydrogens is 352 g/mol. The molecule has 0 unspecified atom stereocenters. The topological polar surface area (TPSA) is 81.4 Å². The van der Waals surface area contributed by atoms with Crippen LogP contribution in [0, 0.1) is 0 Å². The van der Waals surface area contributed by atoms with Crippen LogP contribution in [0.2, 0.25) is 0 Å². The summed E-state index contributed by atoms with van der Waals surface area (Å²) in [5.74, 6) is 0.909. The molecule has 2 rings (SSSR count). The number of ketones is 1. The smallest absolute Gasteiger partial charge is 0.220 e. The number of carbonyl (C=O) groups is 2. The van der Waals surface area contributed by atoms with E-state index < -0.39 is 0 Å². The van der Waals surface area contributed by atoms with Crippen molar-refractivity contribution in [1.82, 2.24) is 5.32 Å². The second-order valence-electron chi connectivity index (χ2n) is 6.38. The zero-order valence-corrected chi connectivity index (χ0v) is 17.2. The van der Waals surface area contributed by atoms with Crippen LogP contribution in [0.5, 0.6) is 5.75 Å². The fourth-order valence-corrected chi connectivity index (χ4v) is 2.65. The second kappa shape index (κ2) is 13.5. The van der Waals surface area contributed by atoms with E-state index in [0.717, 1.165) is 24.2 Å². The van der Waals surface area contributed by atoms with Crippen molar-refractivity contribution in [2.24, 2.45) is 5.73 Å². The SMILES string of the molecule is CCCc1cccc(OCCCC(=O)NCc2ccc(C(C)=O)cc2)c1.CN. The number of amides is 1. The third kappa shape index (κ3) is 8.82. The molecule has 0 aliphatic rings. The van der Waals surface area contributed by atoms with Crippen LogP contribution in [0.3, 0.4) is 0 Å². The number of nitrogens with two attached hydrogens (primary N) is 1. The van der Waals surface area contributed by atoms with E-state index in [1.165, 1.54) is 12.6 Å². The molecule has 1 amide bonds. The molecule has 152 valence electrons. The monoisotopic (exact) mass is 384 g/mol. The van der Waals surface area contributed by atoms with E-state index >= 15 is 0 Å². The fraction of sp³-hybridized carbons (Fsp3) is 0.391. The summed E-state index contributed by atoms with van der Waals surface area (Å²) in [5, 5.41) is 2.89. The van der Waals surface area contributed by atoms with Crippen LogP contribution < -0.4 is 15.8 Å². The van der Waals surface area contributed by atoms with Crippen LogP contribution in [0.1, 0.15) is 54.6 Å². The minimum absolute atomic E-state index is 0.00368. The predicted octanol–water partition coefficient (Wildman–Crippen LogP) is 3.89. The molecule has 0 aliphatic carbocycles. The first kappa shape index (κ1) is 23.4. The zero-order valence-electron chi connectivity index (χ0n) is 17.2. The fourth-order valence-electron chi connectivity index (χ4n) is 2.65. The Morgan fingerprint density at radius 3 is 2.39 bits per heavy atom. The van der Waals surface area contributed by atoms with Gasteiger partial charge in [0.2, 0.25) is 5.91 Å². The molecule has 0 saturated carbocycles. The first-order valence-corrected chi connectivity index (χ1v) is 9.74. The highest BCUT2D eigenvalue weighted by atomic mass is 16.5. The van der Waals surface area contributed by atoms with Gasteiger partial charge in [0.25, 0.3) is 0 Å². The summed E-state index contributed by atoms with van der Waals surface area (Å²) in [5.41, 5.74) is 7.44. The van der Waals surface area contributed by atoms with E-state index in [1.807, 2.05) is 24.3 Å².